The van der Waals surface area contributed by atoms with Gasteiger partial charge in [-0.05, 0) is 44.1 Å². The van der Waals surface area contributed by atoms with Crippen LogP contribution in [-0.4, -0.2) is 23.4 Å². The van der Waals surface area contributed by atoms with Gasteiger partial charge in [-0.25, -0.2) is 0 Å². The number of aromatic nitrogens is 2. The molecule has 0 spiro atoms. The zero-order chi connectivity index (χ0) is 14.0. The minimum atomic E-state index is 0.379. The first-order valence-corrected chi connectivity index (χ1v) is 7.32. The second-order valence-electron chi connectivity index (χ2n) is 6.42. The molecule has 108 valence electrons. The standard InChI is InChI=1S/C15H27N3O/c1-5-18-14(13(19-4)10-17-18)12-8-15(2,3)7-6-11(12)9-16/h10-12H,5-9,16H2,1-4H3. The maximum atomic E-state index is 6.00. The van der Waals surface area contributed by atoms with Crippen molar-refractivity contribution in [1.29, 1.82) is 0 Å². The highest BCUT2D eigenvalue weighted by atomic mass is 16.5. The maximum Gasteiger partial charge on any atom is 0.160 e. The summed E-state index contributed by atoms with van der Waals surface area (Å²) in [6.45, 7) is 8.46. The number of methoxy groups -OCH3 is 1. The number of nitrogens with zero attached hydrogens (tertiary/aromatic N) is 2. The predicted octanol–water partition coefficient (Wildman–Crippen LogP) is 2.78. The highest BCUT2D eigenvalue weighted by Crippen LogP contribution is 2.48. The van der Waals surface area contributed by atoms with Crippen molar-refractivity contribution in [2.24, 2.45) is 17.1 Å². The van der Waals surface area contributed by atoms with Gasteiger partial charge in [-0.1, -0.05) is 13.8 Å². The van der Waals surface area contributed by atoms with E-state index in [9.17, 15) is 0 Å². The summed E-state index contributed by atoms with van der Waals surface area (Å²) in [5.74, 6) is 1.93. The first-order chi connectivity index (χ1) is 9.02. The fourth-order valence-electron chi connectivity index (χ4n) is 3.40. The molecule has 0 bridgehead atoms. The monoisotopic (exact) mass is 265 g/mol. The molecule has 1 aliphatic carbocycles. The fraction of sp³-hybridized carbons (Fsp3) is 0.800. The number of aryl methyl sites for hydroxylation is 1. The van der Waals surface area contributed by atoms with E-state index in [1.165, 1.54) is 18.5 Å². The SMILES string of the molecule is CCn1ncc(OC)c1C1CC(C)(C)CCC1CN. The predicted molar refractivity (Wildman–Crippen MR) is 77.4 cm³/mol. The molecule has 0 aromatic carbocycles. The molecular weight excluding hydrogens is 238 g/mol. The van der Waals surface area contributed by atoms with Crippen LogP contribution in [0.1, 0.15) is 51.6 Å². The number of nitrogens with two attached hydrogens (primary N) is 1. The molecule has 4 nitrogen and oxygen atoms in total. The van der Waals surface area contributed by atoms with E-state index in [0.717, 1.165) is 25.3 Å². The van der Waals surface area contributed by atoms with E-state index in [-0.39, 0.29) is 0 Å². The molecule has 0 amide bonds. The summed E-state index contributed by atoms with van der Waals surface area (Å²) in [5, 5.41) is 4.45. The molecule has 1 aromatic rings. The second kappa shape index (κ2) is 5.53. The molecule has 1 fully saturated rings. The summed E-state index contributed by atoms with van der Waals surface area (Å²) in [6.07, 6.45) is 5.46. The van der Waals surface area contributed by atoms with E-state index < -0.39 is 0 Å². The molecule has 1 aromatic heterocycles. The summed E-state index contributed by atoms with van der Waals surface area (Å²) in [6, 6.07) is 0. The number of hydrogen-bond donors (Lipinski definition) is 1. The van der Waals surface area contributed by atoms with E-state index >= 15 is 0 Å². The quantitative estimate of drug-likeness (QED) is 0.910. The molecular formula is C15H27N3O. The van der Waals surface area contributed by atoms with Crippen molar-refractivity contribution in [3.05, 3.63) is 11.9 Å². The fourth-order valence-corrected chi connectivity index (χ4v) is 3.40. The third kappa shape index (κ3) is 2.78. The normalized spacial score (nSPS) is 26.4. The molecule has 0 saturated heterocycles. The van der Waals surface area contributed by atoms with Crippen LogP contribution in [0.15, 0.2) is 6.20 Å². The third-order valence-electron chi connectivity index (χ3n) is 4.55. The van der Waals surface area contributed by atoms with Crippen molar-refractivity contribution in [2.45, 2.75) is 52.5 Å². The van der Waals surface area contributed by atoms with Crippen molar-refractivity contribution in [3.63, 3.8) is 0 Å². The Balaban J connectivity index is 2.38. The third-order valence-corrected chi connectivity index (χ3v) is 4.55. The van der Waals surface area contributed by atoms with Crippen LogP contribution < -0.4 is 10.5 Å². The Kier molecular flexibility index (Phi) is 4.19. The van der Waals surface area contributed by atoms with Crippen LogP contribution >= 0.6 is 0 Å². The summed E-state index contributed by atoms with van der Waals surface area (Å²) >= 11 is 0. The minimum absolute atomic E-state index is 0.379. The lowest BCUT2D eigenvalue weighted by Gasteiger charge is -2.40. The Bertz CT molecular complexity index is 404. The lowest BCUT2D eigenvalue weighted by atomic mass is 9.66. The van der Waals surface area contributed by atoms with Crippen LogP contribution in [0.4, 0.5) is 0 Å². The van der Waals surface area contributed by atoms with Gasteiger partial charge in [-0.15, -0.1) is 0 Å². The van der Waals surface area contributed by atoms with Crippen molar-refractivity contribution < 1.29 is 4.74 Å². The topological polar surface area (TPSA) is 53.1 Å². The van der Waals surface area contributed by atoms with Gasteiger partial charge in [0.05, 0.1) is 19.0 Å². The molecule has 0 aliphatic heterocycles. The van der Waals surface area contributed by atoms with Gasteiger partial charge in [-0.3, -0.25) is 4.68 Å². The van der Waals surface area contributed by atoms with E-state index in [1.807, 2.05) is 6.20 Å². The Morgan fingerprint density at radius 2 is 2.26 bits per heavy atom. The zero-order valence-electron chi connectivity index (χ0n) is 12.6. The Morgan fingerprint density at radius 3 is 2.84 bits per heavy atom. The van der Waals surface area contributed by atoms with Crippen molar-refractivity contribution >= 4 is 0 Å². The highest BCUT2D eigenvalue weighted by molar-refractivity contribution is 5.30. The summed E-state index contributed by atoms with van der Waals surface area (Å²) in [5.41, 5.74) is 7.62. The summed E-state index contributed by atoms with van der Waals surface area (Å²) < 4.78 is 7.59. The number of hydrogen-bond acceptors (Lipinski definition) is 3. The van der Waals surface area contributed by atoms with E-state index in [0.29, 0.717) is 17.3 Å². The van der Waals surface area contributed by atoms with Crippen LogP contribution in [-0.2, 0) is 6.54 Å². The number of ether oxygens (including phenoxy) is 1. The molecule has 1 saturated carbocycles. The molecule has 2 N–H and O–H groups in total. The van der Waals surface area contributed by atoms with E-state index in [2.05, 4.69) is 30.6 Å². The summed E-state index contributed by atoms with van der Waals surface area (Å²) in [4.78, 5) is 0. The first-order valence-electron chi connectivity index (χ1n) is 7.32. The van der Waals surface area contributed by atoms with Crippen LogP contribution in [0.2, 0.25) is 0 Å². The maximum absolute atomic E-state index is 6.00. The van der Waals surface area contributed by atoms with Crippen LogP contribution in [0.3, 0.4) is 0 Å². The van der Waals surface area contributed by atoms with Gasteiger partial charge < -0.3 is 10.5 Å². The van der Waals surface area contributed by atoms with Gasteiger partial charge in [0.2, 0.25) is 0 Å². The van der Waals surface area contributed by atoms with E-state index in [4.69, 9.17) is 10.5 Å². The molecule has 1 aliphatic rings. The Labute approximate surface area is 116 Å². The lowest BCUT2D eigenvalue weighted by Crippen LogP contribution is -2.34. The Hall–Kier alpha value is -1.03. The van der Waals surface area contributed by atoms with Gasteiger partial charge in [0.1, 0.15) is 0 Å². The molecule has 2 atom stereocenters. The van der Waals surface area contributed by atoms with Gasteiger partial charge >= 0.3 is 0 Å². The molecule has 1 heterocycles. The van der Waals surface area contributed by atoms with Gasteiger partial charge in [0, 0.05) is 12.5 Å². The molecule has 2 unspecified atom stereocenters. The lowest BCUT2D eigenvalue weighted by molar-refractivity contribution is 0.158. The molecule has 0 radical (unpaired) electrons. The second-order valence-corrected chi connectivity index (χ2v) is 6.42. The Morgan fingerprint density at radius 1 is 1.53 bits per heavy atom. The first kappa shape index (κ1) is 14.4. The van der Waals surface area contributed by atoms with Crippen LogP contribution in [0.5, 0.6) is 5.75 Å². The van der Waals surface area contributed by atoms with Crippen LogP contribution in [0, 0.1) is 11.3 Å². The smallest absolute Gasteiger partial charge is 0.160 e. The van der Waals surface area contributed by atoms with Crippen molar-refractivity contribution in [2.75, 3.05) is 13.7 Å². The molecule has 19 heavy (non-hydrogen) atoms. The summed E-state index contributed by atoms with van der Waals surface area (Å²) in [7, 11) is 1.73. The zero-order valence-corrected chi connectivity index (χ0v) is 12.6. The molecule has 4 heteroatoms. The average molecular weight is 265 g/mol. The van der Waals surface area contributed by atoms with Crippen molar-refractivity contribution in [1.82, 2.24) is 9.78 Å². The van der Waals surface area contributed by atoms with Crippen molar-refractivity contribution in [3.8, 4) is 5.75 Å². The molecule has 2 rings (SSSR count). The van der Waals surface area contributed by atoms with Gasteiger partial charge in [-0.2, -0.15) is 5.10 Å². The van der Waals surface area contributed by atoms with Gasteiger partial charge in [0.15, 0.2) is 5.75 Å². The average Bonchev–Trinajstić information content (AvgIpc) is 2.80. The highest BCUT2D eigenvalue weighted by Gasteiger charge is 2.38. The van der Waals surface area contributed by atoms with Gasteiger partial charge in [0.25, 0.3) is 0 Å². The number of rotatable bonds is 4. The van der Waals surface area contributed by atoms with E-state index in [1.54, 1.807) is 7.11 Å². The van der Waals surface area contributed by atoms with Crippen LogP contribution in [0.25, 0.3) is 0 Å². The largest absolute Gasteiger partial charge is 0.493 e. The minimum Gasteiger partial charge on any atom is -0.493 e.